The maximum Gasteiger partial charge on any atom is 0.0466 e. The van der Waals surface area contributed by atoms with Crippen molar-refractivity contribution in [2.24, 2.45) is 11.3 Å². The Kier molecular flexibility index (Phi) is 20.7. The molecule has 0 N–H and O–H groups in total. The molecule has 0 aromatic carbocycles. The Morgan fingerprint density at radius 2 is 1.31 bits per heavy atom. The summed E-state index contributed by atoms with van der Waals surface area (Å²) in [5.74, 6) is 0.752. The molecule has 0 fully saturated rings. The van der Waals surface area contributed by atoms with Gasteiger partial charge >= 0.3 is 0 Å². The largest absolute Gasteiger partial charge is 0.381 e. The molecule has 0 rings (SSSR count). The molecular formula is C28H56O. The summed E-state index contributed by atoms with van der Waals surface area (Å²) in [6.07, 6.45) is 27.8. The summed E-state index contributed by atoms with van der Waals surface area (Å²) in [6.45, 7) is 13.6. The van der Waals surface area contributed by atoms with Gasteiger partial charge in [0.1, 0.15) is 0 Å². The molecule has 0 aliphatic carbocycles. The van der Waals surface area contributed by atoms with Gasteiger partial charge in [0.15, 0.2) is 0 Å². The van der Waals surface area contributed by atoms with Crippen molar-refractivity contribution in [2.45, 2.75) is 144 Å². The smallest absolute Gasteiger partial charge is 0.0466 e. The number of hydrogen-bond donors (Lipinski definition) is 0. The monoisotopic (exact) mass is 408 g/mol. The van der Waals surface area contributed by atoms with E-state index in [9.17, 15) is 0 Å². The zero-order valence-corrected chi connectivity index (χ0v) is 21.1. The summed E-state index contributed by atoms with van der Waals surface area (Å²) in [4.78, 5) is 0. The molecule has 174 valence electrons. The number of unbranched alkanes of at least 4 members (excludes halogenated alkanes) is 10. The quantitative estimate of drug-likeness (QED) is 0.128. The number of ether oxygens (including phenoxy) is 1. The number of hydrogen-bond acceptors (Lipinski definition) is 1. The maximum absolute atomic E-state index is 5.85. The highest BCUT2D eigenvalue weighted by atomic mass is 16.5. The van der Waals surface area contributed by atoms with Crippen molar-refractivity contribution in [3.63, 3.8) is 0 Å². The van der Waals surface area contributed by atoms with E-state index in [-0.39, 0.29) is 0 Å². The second-order valence-corrected chi connectivity index (χ2v) is 9.75. The Morgan fingerprint density at radius 3 is 2.00 bits per heavy atom. The highest BCUT2D eigenvalue weighted by Gasteiger charge is 2.18. The van der Waals surface area contributed by atoms with Crippen LogP contribution in [0.5, 0.6) is 0 Å². The summed E-state index contributed by atoms with van der Waals surface area (Å²) in [7, 11) is 0. The molecule has 0 heterocycles. The van der Waals surface area contributed by atoms with E-state index in [0.29, 0.717) is 5.41 Å². The van der Waals surface area contributed by atoms with Crippen LogP contribution >= 0.6 is 0 Å². The minimum absolute atomic E-state index is 0.531. The maximum atomic E-state index is 5.85. The normalized spacial score (nSPS) is 13.4. The first-order valence-electron chi connectivity index (χ1n) is 13.3. The molecule has 0 aromatic heterocycles. The fourth-order valence-corrected chi connectivity index (χ4v) is 3.97. The van der Waals surface area contributed by atoms with Crippen LogP contribution in [-0.2, 0) is 4.74 Å². The zero-order valence-electron chi connectivity index (χ0n) is 21.1. The molecule has 1 nitrogen and oxygen atoms in total. The van der Waals surface area contributed by atoms with Crippen LogP contribution in [0.3, 0.4) is 0 Å². The van der Waals surface area contributed by atoms with E-state index in [0.717, 1.165) is 19.1 Å². The summed E-state index contributed by atoms with van der Waals surface area (Å²) in [6, 6.07) is 0. The van der Waals surface area contributed by atoms with E-state index in [1.165, 1.54) is 109 Å². The van der Waals surface area contributed by atoms with Crippen LogP contribution in [0.1, 0.15) is 144 Å². The Labute approximate surface area is 185 Å². The minimum atomic E-state index is 0.531. The van der Waals surface area contributed by atoms with Crippen LogP contribution in [0.15, 0.2) is 12.2 Å². The molecule has 0 aliphatic heterocycles. The van der Waals surface area contributed by atoms with E-state index in [4.69, 9.17) is 4.74 Å². The molecule has 0 radical (unpaired) electrons. The summed E-state index contributed by atoms with van der Waals surface area (Å²) in [5.41, 5.74) is 0.531. The van der Waals surface area contributed by atoms with Gasteiger partial charge in [-0.25, -0.2) is 0 Å². The Morgan fingerprint density at radius 1 is 0.724 bits per heavy atom. The van der Waals surface area contributed by atoms with Gasteiger partial charge in [-0.1, -0.05) is 117 Å². The van der Waals surface area contributed by atoms with Gasteiger partial charge < -0.3 is 4.74 Å². The predicted molar refractivity (Wildman–Crippen MR) is 133 cm³/mol. The number of allylic oxidation sites excluding steroid dienone is 2. The van der Waals surface area contributed by atoms with Gasteiger partial charge in [-0.2, -0.15) is 0 Å². The Bertz CT molecular complexity index is 342. The first kappa shape index (κ1) is 28.7. The highest BCUT2D eigenvalue weighted by molar-refractivity contribution is 4.86. The van der Waals surface area contributed by atoms with E-state index in [1.807, 2.05) is 0 Å². The molecule has 0 aromatic rings. The van der Waals surface area contributed by atoms with Gasteiger partial charge in [-0.3, -0.25) is 0 Å². The zero-order chi connectivity index (χ0) is 21.6. The van der Waals surface area contributed by atoms with Crippen LogP contribution in [-0.4, -0.2) is 13.2 Å². The van der Waals surface area contributed by atoms with Crippen molar-refractivity contribution in [1.82, 2.24) is 0 Å². The third kappa shape index (κ3) is 19.4. The average molecular weight is 409 g/mol. The van der Waals surface area contributed by atoms with Crippen molar-refractivity contribution < 1.29 is 4.74 Å². The lowest BCUT2D eigenvalue weighted by Crippen LogP contribution is -2.14. The lowest BCUT2D eigenvalue weighted by atomic mass is 9.80. The molecule has 0 amide bonds. The van der Waals surface area contributed by atoms with Gasteiger partial charge in [-0.15, -0.1) is 0 Å². The van der Waals surface area contributed by atoms with Gasteiger partial charge in [0.2, 0.25) is 0 Å². The van der Waals surface area contributed by atoms with Crippen LogP contribution in [0, 0.1) is 11.3 Å². The molecule has 0 aliphatic rings. The van der Waals surface area contributed by atoms with Gasteiger partial charge in [0, 0.05) is 13.2 Å². The second-order valence-electron chi connectivity index (χ2n) is 9.75. The fraction of sp³-hybridized carbons (Fsp3) is 0.929. The van der Waals surface area contributed by atoms with Crippen molar-refractivity contribution >= 4 is 0 Å². The third-order valence-electron chi connectivity index (χ3n) is 6.91. The molecule has 0 bridgehead atoms. The van der Waals surface area contributed by atoms with Gasteiger partial charge in [0.25, 0.3) is 0 Å². The van der Waals surface area contributed by atoms with Crippen LogP contribution < -0.4 is 0 Å². The van der Waals surface area contributed by atoms with Crippen LogP contribution in [0.25, 0.3) is 0 Å². The minimum Gasteiger partial charge on any atom is -0.381 e. The van der Waals surface area contributed by atoms with Crippen molar-refractivity contribution in [3.05, 3.63) is 12.2 Å². The first-order chi connectivity index (χ1) is 14.1. The van der Waals surface area contributed by atoms with Crippen molar-refractivity contribution in [2.75, 3.05) is 13.2 Å². The first-order valence-corrected chi connectivity index (χ1v) is 13.3. The molecule has 0 saturated carbocycles. The van der Waals surface area contributed by atoms with E-state index in [2.05, 4.69) is 46.8 Å². The summed E-state index contributed by atoms with van der Waals surface area (Å²) < 4.78 is 5.85. The number of rotatable bonds is 22. The van der Waals surface area contributed by atoms with E-state index in [1.54, 1.807) is 0 Å². The molecular weight excluding hydrogens is 352 g/mol. The van der Waals surface area contributed by atoms with Crippen molar-refractivity contribution in [3.8, 4) is 0 Å². The van der Waals surface area contributed by atoms with Crippen molar-refractivity contribution in [1.29, 1.82) is 0 Å². The van der Waals surface area contributed by atoms with E-state index >= 15 is 0 Å². The highest BCUT2D eigenvalue weighted by Crippen LogP contribution is 2.30. The third-order valence-corrected chi connectivity index (χ3v) is 6.91. The average Bonchev–Trinajstić information content (AvgIpc) is 2.73. The van der Waals surface area contributed by atoms with Gasteiger partial charge in [0.05, 0.1) is 0 Å². The lowest BCUT2D eigenvalue weighted by Gasteiger charge is -2.26. The fourth-order valence-electron chi connectivity index (χ4n) is 3.97. The lowest BCUT2D eigenvalue weighted by molar-refractivity contribution is 0.113. The molecule has 1 heteroatoms. The van der Waals surface area contributed by atoms with Gasteiger partial charge in [-0.05, 0) is 49.9 Å². The molecule has 1 atom stereocenters. The molecule has 1 unspecified atom stereocenters. The summed E-state index contributed by atoms with van der Waals surface area (Å²) in [5, 5.41) is 0. The molecule has 0 spiro atoms. The van der Waals surface area contributed by atoms with E-state index < -0.39 is 0 Å². The second kappa shape index (κ2) is 21.0. The molecule has 0 saturated heterocycles. The SMILES string of the molecule is CCCCCCCCC/C=C/C(C)CCCCCCOCCCC(C)(CC)CC. The Hall–Kier alpha value is -0.300. The van der Waals surface area contributed by atoms with Crippen LogP contribution in [0.4, 0.5) is 0 Å². The topological polar surface area (TPSA) is 9.23 Å². The Balaban J connectivity index is 3.35. The standard InChI is InChI=1S/C28H56O/c1-6-9-10-11-12-13-14-15-18-22-27(4)23-19-16-17-20-25-29-26-21-24-28(5,7-2)8-3/h18,22,27H,6-17,19-21,23-26H2,1-5H3/b22-18+. The molecule has 29 heavy (non-hydrogen) atoms. The predicted octanol–water partition coefficient (Wildman–Crippen LogP) is 9.89. The van der Waals surface area contributed by atoms with Crippen LogP contribution in [0.2, 0.25) is 0 Å². The summed E-state index contributed by atoms with van der Waals surface area (Å²) >= 11 is 0.